The highest BCUT2D eigenvalue weighted by molar-refractivity contribution is 6.32. The molecule has 0 aliphatic heterocycles. The smallest absolute Gasteiger partial charge is 0.307 e. The summed E-state index contributed by atoms with van der Waals surface area (Å²) in [6.45, 7) is 0. The van der Waals surface area contributed by atoms with Gasteiger partial charge in [-0.2, -0.15) is 0 Å². The molecule has 2 N–H and O–H groups in total. The number of carbonyl (C=O) groups is 1. The molecule has 2 atom stereocenters. The van der Waals surface area contributed by atoms with Crippen LogP contribution in [0.15, 0.2) is 18.2 Å². The zero-order valence-corrected chi connectivity index (χ0v) is 8.03. The Morgan fingerprint density at radius 1 is 1.50 bits per heavy atom. The predicted octanol–water partition coefficient (Wildman–Crippen LogP) is 2.23. The number of hydrogen-bond donors (Lipinski definition) is 2. The number of carboxylic acids is 1. The molecule has 74 valence electrons. The molecule has 1 aromatic carbocycles. The summed E-state index contributed by atoms with van der Waals surface area (Å²) in [5.41, 5.74) is 0.643. The summed E-state index contributed by atoms with van der Waals surface area (Å²) in [7, 11) is 0. The fraction of sp³-hybridized carbons (Fsp3) is 0.300. The molecule has 0 amide bonds. The summed E-state index contributed by atoms with van der Waals surface area (Å²) >= 11 is 5.72. The summed E-state index contributed by atoms with van der Waals surface area (Å²) < 4.78 is 0. The highest BCUT2D eigenvalue weighted by Crippen LogP contribution is 2.51. The third-order valence-corrected chi connectivity index (χ3v) is 2.83. The van der Waals surface area contributed by atoms with Crippen molar-refractivity contribution in [3.05, 3.63) is 28.8 Å². The monoisotopic (exact) mass is 212 g/mol. The molecule has 2 rings (SSSR count). The van der Waals surface area contributed by atoms with E-state index >= 15 is 0 Å². The Bertz CT molecular complexity index is 389. The van der Waals surface area contributed by atoms with Gasteiger partial charge in [-0.25, -0.2) is 0 Å². The predicted molar refractivity (Wildman–Crippen MR) is 51.6 cm³/mol. The van der Waals surface area contributed by atoms with E-state index in [4.69, 9.17) is 16.7 Å². The van der Waals surface area contributed by atoms with Crippen LogP contribution < -0.4 is 0 Å². The van der Waals surface area contributed by atoms with Gasteiger partial charge in [0.2, 0.25) is 0 Å². The van der Waals surface area contributed by atoms with Crippen molar-refractivity contribution in [1.82, 2.24) is 0 Å². The molecule has 1 aliphatic carbocycles. The molecule has 3 nitrogen and oxygen atoms in total. The maximum absolute atomic E-state index is 10.6. The lowest BCUT2D eigenvalue weighted by molar-refractivity contribution is -0.138. The standard InChI is InChI=1S/C10H9ClO3/c11-8-3-1-2-5(9(8)12)6-4-7(6)10(13)14/h1-3,6-7,12H,4H2,(H,13,14)/t6-,7+/m0/s1. The van der Waals surface area contributed by atoms with Crippen LogP contribution in [0.3, 0.4) is 0 Å². The molecule has 4 heteroatoms. The molecule has 1 aromatic rings. The van der Waals surface area contributed by atoms with Gasteiger partial charge in [-0.1, -0.05) is 23.7 Å². The van der Waals surface area contributed by atoms with E-state index in [1.165, 1.54) is 0 Å². The van der Waals surface area contributed by atoms with E-state index in [0.29, 0.717) is 12.0 Å². The van der Waals surface area contributed by atoms with E-state index in [2.05, 4.69) is 0 Å². The van der Waals surface area contributed by atoms with Gasteiger partial charge in [0.05, 0.1) is 10.9 Å². The average Bonchev–Trinajstić information content (AvgIpc) is 2.89. The minimum Gasteiger partial charge on any atom is -0.506 e. The summed E-state index contributed by atoms with van der Waals surface area (Å²) in [4.78, 5) is 10.6. The zero-order valence-electron chi connectivity index (χ0n) is 7.27. The van der Waals surface area contributed by atoms with Crippen molar-refractivity contribution in [3.8, 4) is 5.75 Å². The second-order valence-electron chi connectivity index (χ2n) is 3.46. The van der Waals surface area contributed by atoms with Crippen molar-refractivity contribution >= 4 is 17.6 Å². The van der Waals surface area contributed by atoms with Crippen LogP contribution >= 0.6 is 11.6 Å². The maximum atomic E-state index is 10.6. The second-order valence-corrected chi connectivity index (χ2v) is 3.87. The number of carboxylic acid groups (broad SMARTS) is 1. The molecule has 1 aliphatic rings. The van der Waals surface area contributed by atoms with Crippen molar-refractivity contribution in [2.24, 2.45) is 5.92 Å². The first-order valence-corrected chi connectivity index (χ1v) is 4.69. The molecule has 0 aromatic heterocycles. The largest absolute Gasteiger partial charge is 0.506 e. The van der Waals surface area contributed by atoms with Crippen LogP contribution in [0, 0.1) is 5.92 Å². The van der Waals surface area contributed by atoms with E-state index in [-0.39, 0.29) is 22.6 Å². The summed E-state index contributed by atoms with van der Waals surface area (Å²) in [6, 6.07) is 5.02. The van der Waals surface area contributed by atoms with Crippen LogP contribution in [-0.2, 0) is 4.79 Å². The van der Waals surface area contributed by atoms with Gasteiger partial charge in [0.25, 0.3) is 0 Å². The molecular weight excluding hydrogens is 204 g/mol. The van der Waals surface area contributed by atoms with Crippen LogP contribution in [0.2, 0.25) is 5.02 Å². The molecule has 0 bridgehead atoms. The highest BCUT2D eigenvalue weighted by atomic mass is 35.5. The van der Waals surface area contributed by atoms with Crippen LogP contribution in [-0.4, -0.2) is 16.2 Å². The minimum absolute atomic E-state index is 0.0166. The molecule has 0 radical (unpaired) electrons. The van der Waals surface area contributed by atoms with Gasteiger partial charge >= 0.3 is 5.97 Å². The second kappa shape index (κ2) is 3.17. The average molecular weight is 213 g/mol. The third-order valence-electron chi connectivity index (χ3n) is 2.53. The van der Waals surface area contributed by atoms with E-state index in [9.17, 15) is 9.90 Å². The number of phenols is 1. The van der Waals surface area contributed by atoms with Crippen molar-refractivity contribution in [3.63, 3.8) is 0 Å². The van der Waals surface area contributed by atoms with Gasteiger partial charge in [0.15, 0.2) is 0 Å². The molecular formula is C10H9ClO3. The summed E-state index contributed by atoms with van der Waals surface area (Å²) in [5.74, 6) is -1.23. The Morgan fingerprint density at radius 2 is 2.21 bits per heavy atom. The molecule has 0 saturated heterocycles. The topological polar surface area (TPSA) is 57.5 Å². The van der Waals surface area contributed by atoms with Gasteiger partial charge in [-0.15, -0.1) is 0 Å². The van der Waals surface area contributed by atoms with E-state index < -0.39 is 5.97 Å². The van der Waals surface area contributed by atoms with Crippen LogP contribution in [0.25, 0.3) is 0 Å². The SMILES string of the molecule is O=C(O)[C@@H]1C[C@H]1c1cccc(Cl)c1O. The van der Waals surface area contributed by atoms with Gasteiger partial charge in [-0.05, 0) is 18.1 Å². The van der Waals surface area contributed by atoms with Crippen molar-refractivity contribution in [1.29, 1.82) is 0 Å². The zero-order chi connectivity index (χ0) is 10.3. The van der Waals surface area contributed by atoms with Gasteiger partial charge in [0, 0.05) is 5.92 Å². The first-order chi connectivity index (χ1) is 6.61. The number of aromatic hydroxyl groups is 1. The van der Waals surface area contributed by atoms with Crippen LogP contribution in [0.4, 0.5) is 0 Å². The van der Waals surface area contributed by atoms with Crippen molar-refractivity contribution in [2.45, 2.75) is 12.3 Å². The quantitative estimate of drug-likeness (QED) is 0.791. The number of hydrogen-bond acceptors (Lipinski definition) is 2. The lowest BCUT2D eigenvalue weighted by Gasteiger charge is -2.03. The number of halogens is 1. The maximum Gasteiger partial charge on any atom is 0.307 e. The van der Waals surface area contributed by atoms with Gasteiger partial charge in [-0.3, -0.25) is 4.79 Å². The lowest BCUT2D eigenvalue weighted by Crippen LogP contribution is -1.99. The Hall–Kier alpha value is -1.22. The summed E-state index contributed by atoms with van der Waals surface area (Å²) in [6.07, 6.45) is 0.587. The Balaban J connectivity index is 2.27. The highest BCUT2D eigenvalue weighted by Gasteiger charge is 2.45. The van der Waals surface area contributed by atoms with Crippen molar-refractivity contribution in [2.75, 3.05) is 0 Å². The Labute approximate surface area is 85.9 Å². The molecule has 1 fully saturated rings. The number of aliphatic carboxylic acids is 1. The van der Waals surface area contributed by atoms with Crippen molar-refractivity contribution < 1.29 is 15.0 Å². The number of rotatable bonds is 2. The van der Waals surface area contributed by atoms with E-state index in [0.717, 1.165) is 0 Å². The van der Waals surface area contributed by atoms with Crippen LogP contribution in [0.1, 0.15) is 17.9 Å². The normalized spacial score (nSPS) is 24.6. The summed E-state index contributed by atoms with van der Waals surface area (Å²) in [5, 5.41) is 18.6. The fourth-order valence-electron chi connectivity index (χ4n) is 1.64. The van der Waals surface area contributed by atoms with E-state index in [1.807, 2.05) is 0 Å². The number of phenolic OH excluding ortho intramolecular Hbond substituents is 1. The fourth-order valence-corrected chi connectivity index (χ4v) is 1.82. The Kier molecular flexibility index (Phi) is 2.11. The Morgan fingerprint density at radius 3 is 2.79 bits per heavy atom. The molecule has 1 saturated carbocycles. The molecule has 0 unspecified atom stereocenters. The van der Waals surface area contributed by atoms with Gasteiger partial charge in [0.1, 0.15) is 5.75 Å². The first-order valence-electron chi connectivity index (χ1n) is 4.31. The lowest BCUT2D eigenvalue weighted by atomic mass is 10.1. The first kappa shape index (κ1) is 9.34. The molecule has 14 heavy (non-hydrogen) atoms. The third kappa shape index (κ3) is 1.44. The molecule has 0 spiro atoms. The van der Waals surface area contributed by atoms with Crippen LogP contribution in [0.5, 0.6) is 5.75 Å². The van der Waals surface area contributed by atoms with Gasteiger partial charge < -0.3 is 10.2 Å². The van der Waals surface area contributed by atoms with E-state index in [1.54, 1.807) is 18.2 Å². The minimum atomic E-state index is -0.811. The number of para-hydroxylation sites is 1. The number of benzene rings is 1. The molecule has 0 heterocycles.